The molecule has 0 bridgehead atoms. The van der Waals surface area contributed by atoms with Crippen LogP contribution in [0.15, 0.2) is 16.5 Å². The number of Topliss-reactive ketones (excluding diaryl/α,β-unsaturated/α-hetero) is 1. The van der Waals surface area contributed by atoms with Crippen LogP contribution in [0.4, 0.5) is 0 Å². The molecular weight excluding hydrogens is 180 g/mol. The highest BCUT2D eigenvalue weighted by atomic mass is 16.4. The lowest BCUT2D eigenvalue weighted by Crippen LogP contribution is -2.26. The molecule has 0 saturated carbocycles. The first-order valence-corrected chi connectivity index (χ1v) is 4.61. The lowest BCUT2D eigenvalue weighted by Gasteiger charge is -2.19. The number of hydrogen-bond donors (Lipinski definition) is 1. The minimum atomic E-state index is -1.15. The van der Waals surface area contributed by atoms with E-state index in [0.29, 0.717) is 11.5 Å². The molecule has 0 saturated heterocycles. The van der Waals surface area contributed by atoms with Crippen molar-refractivity contribution in [2.75, 3.05) is 0 Å². The number of furan rings is 1. The van der Waals surface area contributed by atoms with Crippen molar-refractivity contribution in [2.24, 2.45) is 5.41 Å². The molecule has 1 aromatic rings. The number of rotatable bonds is 2. The third-order valence-corrected chi connectivity index (χ3v) is 2.02. The highest BCUT2D eigenvalue weighted by molar-refractivity contribution is 5.88. The maximum atomic E-state index is 11.7. The van der Waals surface area contributed by atoms with Gasteiger partial charge >= 0.3 is 0 Å². The topological polar surface area (TPSA) is 50.4 Å². The van der Waals surface area contributed by atoms with Gasteiger partial charge in [0.25, 0.3) is 0 Å². The molecule has 1 N–H and O–H groups in total. The van der Waals surface area contributed by atoms with Crippen molar-refractivity contribution >= 4 is 5.78 Å². The molecule has 1 heterocycles. The van der Waals surface area contributed by atoms with Gasteiger partial charge < -0.3 is 9.52 Å². The van der Waals surface area contributed by atoms with Crippen LogP contribution in [0.1, 0.15) is 38.4 Å². The maximum absolute atomic E-state index is 11.7. The Balaban J connectivity index is 2.86. The van der Waals surface area contributed by atoms with Gasteiger partial charge in [-0.15, -0.1) is 0 Å². The number of aryl methyl sites for hydroxylation is 1. The average Bonchev–Trinajstić information content (AvgIpc) is 2.47. The second kappa shape index (κ2) is 3.58. The van der Waals surface area contributed by atoms with Crippen molar-refractivity contribution in [3.8, 4) is 0 Å². The van der Waals surface area contributed by atoms with Crippen LogP contribution >= 0.6 is 0 Å². The van der Waals surface area contributed by atoms with E-state index in [9.17, 15) is 9.90 Å². The van der Waals surface area contributed by atoms with Crippen LogP contribution < -0.4 is 0 Å². The van der Waals surface area contributed by atoms with Gasteiger partial charge in [-0.2, -0.15) is 0 Å². The molecule has 0 spiro atoms. The second-order valence-electron chi connectivity index (χ2n) is 4.47. The molecule has 0 aliphatic heterocycles. The molecule has 3 heteroatoms. The Kier molecular flexibility index (Phi) is 2.81. The van der Waals surface area contributed by atoms with E-state index in [4.69, 9.17) is 4.42 Å². The molecule has 0 radical (unpaired) electrons. The fourth-order valence-corrected chi connectivity index (χ4v) is 1.14. The lowest BCUT2D eigenvalue weighted by atomic mass is 9.87. The standard InChI is InChI=1S/C11H16O3/c1-7-5-6-8(14-7)9(12)10(13)11(2,3)4/h5-6,9,12H,1-4H3. The summed E-state index contributed by atoms with van der Waals surface area (Å²) >= 11 is 0. The molecule has 0 aromatic carbocycles. The van der Waals surface area contributed by atoms with E-state index >= 15 is 0 Å². The Labute approximate surface area is 83.7 Å². The summed E-state index contributed by atoms with van der Waals surface area (Å²) in [7, 11) is 0. The van der Waals surface area contributed by atoms with Crippen LogP contribution in [0, 0.1) is 12.3 Å². The minimum Gasteiger partial charge on any atom is -0.463 e. The summed E-state index contributed by atoms with van der Waals surface area (Å²) < 4.78 is 5.19. The lowest BCUT2D eigenvalue weighted by molar-refractivity contribution is -0.136. The van der Waals surface area contributed by atoms with Gasteiger partial charge in [-0.25, -0.2) is 0 Å². The summed E-state index contributed by atoms with van der Waals surface area (Å²) in [5.41, 5.74) is -0.555. The van der Waals surface area contributed by atoms with E-state index in [1.165, 1.54) is 0 Å². The van der Waals surface area contributed by atoms with Crippen LogP contribution in [0.5, 0.6) is 0 Å². The quantitative estimate of drug-likeness (QED) is 0.789. The van der Waals surface area contributed by atoms with Crippen LogP contribution in [0.3, 0.4) is 0 Å². The van der Waals surface area contributed by atoms with Gasteiger partial charge in [0.1, 0.15) is 11.5 Å². The first-order chi connectivity index (χ1) is 6.32. The first-order valence-electron chi connectivity index (χ1n) is 4.61. The number of carbonyl (C=O) groups is 1. The van der Waals surface area contributed by atoms with Crippen LogP contribution in [-0.4, -0.2) is 10.9 Å². The Bertz CT molecular complexity index is 331. The number of ketones is 1. The van der Waals surface area contributed by atoms with E-state index in [1.54, 1.807) is 39.8 Å². The first kappa shape index (κ1) is 11.0. The third kappa shape index (κ3) is 2.23. The summed E-state index contributed by atoms with van der Waals surface area (Å²) in [6.07, 6.45) is -1.15. The Morgan fingerprint density at radius 2 is 2.00 bits per heavy atom. The van der Waals surface area contributed by atoms with Crippen molar-refractivity contribution in [3.05, 3.63) is 23.7 Å². The van der Waals surface area contributed by atoms with Gasteiger partial charge in [-0.05, 0) is 19.1 Å². The average molecular weight is 196 g/mol. The summed E-state index contributed by atoms with van der Waals surface area (Å²) in [6.45, 7) is 7.09. The maximum Gasteiger partial charge on any atom is 0.174 e. The molecule has 14 heavy (non-hydrogen) atoms. The minimum absolute atomic E-state index is 0.230. The van der Waals surface area contributed by atoms with Crippen molar-refractivity contribution in [1.29, 1.82) is 0 Å². The Hall–Kier alpha value is -1.09. The van der Waals surface area contributed by atoms with Crippen LogP contribution in [0.2, 0.25) is 0 Å². The summed E-state index contributed by atoms with van der Waals surface area (Å²) in [5.74, 6) is 0.787. The fraction of sp³-hybridized carbons (Fsp3) is 0.545. The fourth-order valence-electron chi connectivity index (χ4n) is 1.14. The molecule has 1 rings (SSSR count). The second-order valence-corrected chi connectivity index (χ2v) is 4.47. The SMILES string of the molecule is Cc1ccc(C(O)C(=O)C(C)(C)C)o1. The molecule has 1 unspecified atom stereocenters. The van der Waals surface area contributed by atoms with Crippen molar-refractivity contribution in [2.45, 2.75) is 33.8 Å². The normalized spacial score (nSPS) is 14.1. The molecule has 0 aliphatic carbocycles. The largest absolute Gasteiger partial charge is 0.463 e. The summed E-state index contributed by atoms with van der Waals surface area (Å²) in [4.78, 5) is 11.7. The Morgan fingerprint density at radius 3 is 2.36 bits per heavy atom. The van der Waals surface area contributed by atoms with E-state index in [0.717, 1.165) is 0 Å². The van der Waals surface area contributed by atoms with Gasteiger partial charge in [0.2, 0.25) is 0 Å². The van der Waals surface area contributed by atoms with Crippen molar-refractivity contribution < 1.29 is 14.3 Å². The highest BCUT2D eigenvalue weighted by Gasteiger charge is 2.30. The molecule has 0 aliphatic rings. The smallest absolute Gasteiger partial charge is 0.174 e. The molecule has 0 fully saturated rings. The van der Waals surface area contributed by atoms with E-state index in [2.05, 4.69) is 0 Å². The van der Waals surface area contributed by atoms with Crippen LogP contribution in [0.25, 0.3) is 0 Å². The summed E-state index contributed by atoms with van der Waals surface area (Å²) in [5, 5.41) is 9.69. The zero-order valence-corrected chi connectivity index (χ0v) is 9.00. The molecule has 1 atom stereocenters. The molecule has 0 amide bonds. The monoisotopic (exact) mass is 196 g/mol. The molecule has 78 valence electrons. The highest BCUT2D eigenvalue weighted by Crippen LogP contribution is 2.26. The number of aliphatic hydroxyl groups excluding tert-OH is 1. The molecular formula is C11H16O3. The number of aliphatic hydroxyl groups is 1. The van der Waals surface area contributed by atoms with Gasteiger partial charge in [0.05, 0.1) is 0 Å². The van der Waals surface area contributed by atoms with Crippen molar-refractivity contribution in [1.82, 2.24) is 0 Å². The van der Waals surface area contributed by atoms with Gasteiger partial charge in [0.15, 0.2) is 11.9 Å². The van der Waals surface area contributed by atoms with E-state index in [-0.39, 0.29) is 5.78 Å². The van der Waals surface area contributed by atoms with Gasteiger partial charge in [0, 0.05) is 5.41 Å². The van der Waals surface area contributed by atoms with E-state index in [1.807, 2.05) is 0 Å². The predicted molar refractivity (Wildman–Crippen MR) is 52.9 cm³/mol. The zero-order chi connectivity index (χ0) is 10.9. The van der Waals surface area contributed by atoms with Gasteiger partial charge in [-0.1, -0.05) is 20.8 Å². The van der Waals surface area contributed by atoms with Crippen LogP contribution in [-0.2, 0) is 4.79 Å². The molecule has 3 nitrogen and oxygen atoms in total. The Morgan fingerprint density at radius 1 is 1.43 bits per heavy atom. The van der Waals surface area contributed by atoms with Crippen molar-refractivity contribution in [3.63, 3.8) is 0 Å². The summed E-state index contributed by atoms with van der Waals surface area (Å²) in [6, 6.07) is 3.36. The van der Waals surface area contributed by atoms with Gasteiger partial charge in [-0.3, -0.25) is 4.79 Å². The third-order valence-electron chi connectivity index (χ3n) is 2.02. The predicted octanol–water partition coefficient (Wildman–Crippen LogP) is 2.24. The van der Waals surface area contributed by atoms with E-state index < -0.39 is 11.5 Å². The number of hydrogen-bond acceptors (Lipinski definition) is 3. The zero-order valence-electron chi connectivity index (χ0n) is 9.00. The number of carbonyl (C=O) groups excluding carboxylic acids is 1. The molecule has 1 aromatic heterocycles.